The smallest absolute Gasteiger partial charge is 0.306 e. The van der Waals surface area contributed by atoms with Crippen LogP contribution in [0.15, 0.2) is 60.8 Å². The topological polar surface area (TPSA) is 78.9 Å². The van der Waals surface area contributed by atoms with Gasteiger partial charge < -0.3 is 14.2 Å². The Balaban J connectivity index is 4.42. The summed E-state index contributed by atoms with van der Waals surface area (Å²) in [5.41, 5.74) is 0. The number of carbonyl (C=O) groups excluding carboxylic acids is 3. The lowest BCUT2D eigenvalue weighted by Crippen LogP contribution is -2.30. The predicted molar refractivity (Wildman–Crippen MR) is 242 cm³/mol. The largest absolute Gasteiger partial charge is 0.462 e. The first-order valence-corrected chi connectivity index (χ1v) is 23.8. The zero-order chi connectivity index (χ0) is 41.5. The Morgan fingerprint density at radius 3 is 1.09 bits per heavy atom. The number of unbranched alkanes of at least 4 members (excludes halogenated alkanes) is 21. The van der Waals surface area contributed by atoms with Crippen LogP contribution in [-0.2, 0) is 28.6 Å². The predicted octanol–water partition coefficient (Wildman–Crippen LogP) is 15.3. The maximum absolute atomic E-state index is 12.7. The first-order valence-electron chi connectivity index (χ1n) is 23.8. The van der Waals surface area contributed by atoms with Gasteiger partial charge in [-0.2, -0.15) is 0 Å². The fourth-order valence-electron chi connectivity index (χ4n) is 6.38. The molecule has 6 heteroatoms. The average Bonchev–Trinajstić information content (AvgIpc) is 3.21. The molecule has 0 N–H and O–H groups in total. The second-order valence-corrected chi connectivity index (χ2v) is 15.6. The quantitative estimate of drug-likeness (QED) is 0.0265. The molecule has 0 saturated carbocycles. The van der Waals surface area contributed by atoms with Crippen LogP contribution in [0.25, 0.3) is 0 Å². The van der Waals surface area contributed by atoms with E-state index in [1.54, 1.807) is 0 Å². The summed E-state index contributed by atoms with van der Waals surface area (Å²) >= 11 is 0. The van der Waals surface area contributed by atoms with Crippen LogP contribution in [0.3, 0.4) is 0 Å². The van der Waals surface area contributed by atoms with Crippen molar-refractivity contribution in [3.05, 3.63) is 60.8 Å². The molecule has 0 spiro atoms. The Kier molecular flexibility index (Phi) is 43.5. The van der Waals surface area contributed by atoms with E-state index in [2.05, 4.69) is 81.5 Å². The van der Waals surface area contributed by atoms with E-state index in [4.69, 9.17) is 14.2 Å². The van der Waals surface area contributed by atoms with Crippen molar-refractivity contribution in [1.29, 1.82) is 0 Å². The van der Waals surface area contributed by atoms with Crippen LogP contribution in [-0.4, -0.2) is 37.2 Å². The van der Waals surface area contributed by atoms with Gasteiger partial charge in [-0.1, -0.05) is 165 Å². The molecule has 0 amide bonds. The Hall–Kier alpha value is -2.89. The molecule has 1 unspecified atom stereocenters. The maximum Gasteiger partial charge on any atom is 0.306 e. The molecular weight excluding hydrogens is 709 g/mol. The highest BCUT2D eigenvalue weighted by atomic mass is 16.6. The number of ether oxygens (including phenoxy) is 3. The van der Waals surface area contributed by atoms with E-state index < -0.39 is 6.10 Å². The van der Waals surface area contributed by atoms with Gasteiger partial charge in [-0.15, -0.1) is 0 Å². The van der Waals surface area contributed by atoms with Crippen molar-refractivity contribution in [2.45, 2.75) is 232 Å². The minimum absolute atomic E-state index is 0.0879. The first-order chi connectivity index (χ1) is 28.0. The molecule has 0 rings (SSSR count). The van der Waals surface area contributed by atoms with Gasteiger partial charge >= 0.3 is 17.9 Å². The molecule has 0 fully saturated rings. The van der Waals surface area contributed by atoms with Gasteiger partial charge in [0.05, 0.1) is 0 Å². The molecule has 0 radical (unpaired) electrons. The normalized spacial score (nSPS) is 12.5. The van der Waals surface area contributed by atoms with Crippen molar-refractivity contribution >= 4 is 17.9 Å². The molecule has 0 heterocycles. The molecule has 0 aliphatic heterocycles. The van der Waals surface area contributed by atoms with E-state index in [1.807, 2.05) is 0 Å². The zero-order valence-corrected chi connectivity index (χ0v) is 37.3. The molecule has 57 heavy (non-hydrogen) atoms. The van der Waals surface area contributed by atoms with Crippen molar-refractivity contribution < 1.29 is 28.6 Å². The minimum atomic E-state index is -0.786. The number of carbonyl (C=O) groups is 3. The third kappa shape index (κ3) is 44.1. The van der Waals surface area contributed by atoms with E-state index in [1.165, 1.54) is 70.6 Å². The first kappa shape index (κ1) is 54.1. The molecule has 0 aromatic rings. The fraction of sp³-hybridized carbons (Fsp3) is 0.745. The van der Waals surface area contributed by atoms with Gasteiger partial charge in [0.15, 0.2) is 6.10 Å². The summed E-state index contributed by atoms with van der Waals surface area (Å²) in [6, 6.07) is 0. The lowest BCUT2D eigenvalue weighted by atomic mass is 10.1. The fourth-order valence-corrected chi connectivity index (χ4v) is 6.38. The standard InChI is InChI=1S/C51H88O6/c1-4-7-10-13-16-19-22-25-26-27-30-32-35-38-41-44-50(53)56-47-48(57-51(54)45-42-39-36-33-29-24-21-18-15-12-9-6-3)46-55-49(52)43-40-37-34-31-28-23-20-17-14-11-8-5-2/h7,10,16-21,25-26,48H,4-6,8-9,11-15,22-24,27-47H2,1-3H3/b10-7-,19-16-,20-17-,21-18-,26-25-. The van der Waals surface area contributed by atoms with Crippen molar-refractivity contribution in [2.24, 2.45) is 0 Å². The Labute approximate surface area is 351 Å². The monoisotopic (exact) mass is 797 g/mol. The van der Waals surface area contributed by atoms with Gasteiger partial charge in [0, 0.05) is 19.3 Å². The van der Waals surface area contributed by atoms with Crippen LogP contribution in [0.4, 0.5) is 0 Å². The van der Waals surface area contributed by atoms with Crippen molar-refractivity contribution in [2.75, 3.05) is 13.2 Å². The summed E-state index contributed by atoms with van der Waals surface area (Å²) in [6.45, 7) is 6.44. The van der Waals surface area contributed by atoms with Gasteiger partial charge in [0.25, 0.3) is 0 Å². The second kappa shape index (κ2) is 45.8. The molecule has 1 atom stereocenters. The zero-order valence-electron chi connectivity index (χ0n) is 37.3. The number of hydrogen-bond acceptors (Lipinski definition) is 6. The minimum Gasteiger partial charge on any atom is -0.462 e. The molecule has 6 nitrogen and oxygen atoms in total. The summed E-state index contributed by atoms with van der Waals surface area (Å²) in [5, 5.41) is 0. The van der Waals surface area contributed by atoms with E-state index in [-0.39, 0.29) is 31.1 Å². The van der Waals surface area contributed by atoms with Gasteiger partial charge in [0.2, 0.25) is 0 Å². The molecule has 0 aliphatic rings. The maximum atomic E-state index is 12.7. The Bertz CT molecular complexity index is 1050. The highest BCUT2D eigenvalue weighted by Gasteiger charge is 2.19. The van der Waals surface area contributed by atoms with Crippen LogP contribution < -0.4 is 0 Å². The number of allylic oxidation sites excluding steroid dienone is 10. The summed E-state index contributed by atoms with van der Waals surface area (Å²) in [7, 11) is 0. The van der Waals surface area contributed by atoms with E-state index in [0.29, 0.717) is 19.3 Å². The molecule has 328 valence electrons. The van der Waals surface area contributed by atoms with Crippen LogP contribution in [0, 0.1) is 0 Å². The summed E-state index contributed by atoms with van der Waals surface area (Å²) < 4.78 is 16.7. The number of esters is 3. The third-order valence-corrected chi connectivity index (χ3v) is 9.98. The highest BCUT2D eigenvalue weighted by molar-refractivity contribution is 5.71. The Morgan fingerprint density at radius 1 is 0.368 bits per heavy atom. The van der Waals surface area contributed by atoms with Crippen molar-refractivity contribution in [1.82, 2.24) is 0 Å². The van der Waals surface area contributed by atoms with E-state index >= 15 is 0 Å². The highest BCUT2D eigenvalue weighted by Crippen LogP contribution is 2.13. The molecule has 0 saturated heterocycles. The molecule has 0 aliphatic carbocycles. The summed E-state index contributed by atoms with van der Waals surface area (Å²) in [5.74, 6) is -0.925. The van der Waals surface area contributed by atoms with E-state index in [9.17, 15) is 14.4 Å². The number of rotatable bonds is 42. The van der Waals surface area contributed by atoms with Gasteiger partial charge in [-0.05, 0) is 103 Å². The van der Waals surface area contributed by atoms with Crippen LogP contribution in [0.1, 0.15) is 226 Å². The van der Waals surface area contributed by atoms with Crippen molar-refractivity contribution in [3.63, 3.8) is 0 Å². The third-order valence-electron chi connectivity index (χ3n) is 9.98. The van der Waals surface area contributed by atoms with Crippen LogP contribution in [0.2, 0.25) is 0 Å². The number of hydrogen-bond donors (Lipinski definition) is 0. The van der Waals surface area contributed by atoms with Gasteiger partial charge in [-0.25, -0.2) is 0 Å². The lowest BCUT2D eigenvalue weighted by molar-refractivity contribution is -0.167. The van der Waals surface area contributed by atoms with E-state index in [0.717, 1.165) is 116 Å². The summed E-state index contributed by atoms with van der Waals surface area (Å²) in [4.78, 5) is 37.8. The van der Waals surface area contributed by atoms with Crippen LogP contribution >= 0.6 is 0 Å². The van der Waals surface area contributed by atoms with Gasteiger partial charge in [-0.3, -0.25) is 14.4 Å². The van der Waals surface area contributed by atoms with Gasteiger partial charge in [0.1, 0.15) is 13.2 Å². The summed E-state index contributed by atoms with van der Waals surface area (Å²) in [6.07, 6.45) is 54.8. The van der Waals surface area contributed by atoms with Crippen LogP contribution in [0.5, 0.6) is 0 Å². The SMILES string of the molecule is CC/C=C\C/C=C\C/C=C\CCCCCCCC(=O)OCC(COC(=O)CCCCCCC/C=C\CCCCC)OC(=O)CCCCCCC/C=C\CCCCC. The Morgan fingerprint density at radius 2 is 0.684 bits per heavy atom. The molecule has 0 bridgehead atoms. The lowest BCUT2D eigenvalue weighted by Gasteiger charge is -2.18. The molecular formula is C51H88O6. The second-order valence-electron chi connectivity index (χ2n) is 15.6. The molecule has 0 aromatic heterocycles. The molecule has 0 aromatic carbocycles. The van der Waals surface area contributed by atoms with Crippen molar-refractivity contribution in [3.8, 4) is 0 Å². The average molecular weight is 797 g/mol.